The lowest BCUT2D eigenvalue weighted by Crippen LogP contribution is -2.31. The molecule has 2 aromatic rings. The van der Waals surface area contributed by atoms with Gasteiger partial charge in [-0.15, -0.1) is 0 Å². The predicted octanol–water partition coefficient (Wildman–Crippen LogP) is 2.30. The van der Waals surface area contributed by atoms with Crippen LogP contribution < -0.4 is 4.74 Å². The van der Waals surface area contributed by atoms with E-state index in [1.165, 1.54) is 12.1 Å². The normalized spacial score (nSPS) is 15.6. The van der Waals surface area contributed by atoms with E-state index in [4.69, 9.17) is 4.74 Å². The van der Waals surface area contributed by atoms with Crippen LogP contribution in [0.3, 0.4) is 0 Å². The van der Waals surface area contributed by atoms with Crippen LogP contribution in [-0.4, -0.2) is 31.8 Å². The number of sulfonamides is 1. The highest BCUT2D eigenvalue weighted by atomic mass is 32.2. The molecule has 0 saturated heterocycles. The largest absolute Gasteiger partial charge is 0.494 e. The zero-order valence-electron chi connectivity index (χ0n) is 11.8. The van der Waals surface area contributed by atoms with Crippen molar-refractivity contribution in [2.75, 3.05) is 13.2 Å². The van der Waals surface area contributed by atoms with E-state index in [1.54, 1.807) is 12.1 Å². The van der Waals surface area contributed by atoms with Crippen LogP contribution in [0.4, 0.5) is 0 Å². The summed E-state index contributed by atoms with van der Waals surface area (Å²) in [6.45, 7) is 0.461. The number of hydrogen-bond donors (Lipinski definition) is 0. The van der Waals surface area contributed by atoms with Crippen molar-refractivity contribution >= 4 is 15.9 Å². The Hall–Kier alpha value is -2.34. The van der Waals surface area contributed by atoms with Crippen LogP contribution in [0.1, 0.15) is 16.8 Å². The van der Waals surface area contributed by atoms with E-state index in [0.717, 1.165) is 10.1 Å². The summed E-state index contributed by atoms with van der Waals surface area (Å²) < 4.78 is 31.1. The summed E-state index contributed by atoms with van der Waals surface area (Å²) in [7, 11) is -3.71. The molecular formula is C16H15NO4S. The molecule has 0 aliphatic carbocycles. The van der Waals surface area contributed by atoms with Crippen LogP contribution >= 0.6 is 0 Å². The second-order valence-corrected chi connectivity index (χ2v) is 6.72. The summed E-state index contributed by atoms with van der Waals surface area (Å²) in [6.07, 6.45) is 0.438. The molecule has 0 unspecified atom stereocenters. The number of ether oxygens (including phenoxy) is 1. The Morgan fingerprint density at radius 2 is 1.64 bits per heavy atom. The lowest BCUT2D eigenvalue weighted by molar-refractivity contribution is 0.0866. The number of hydrogen-bond acceptors (Lipinski definition) is 4. The number of fused-ring (bicyclic) bond motifs is 1. The van der Waals surface area contributed by atoms with Crippen molar-refractivity contribution in [1.82, 2.24) is 4.31 Å². The van der Waals surface area contributed by atoms with Crippen LogP contribution in [0.25, 0.3) is 0 Å². The smallest absolute Gasteiger partial charge is 0.269 e. The third kappa shape index (κ3) is 2.57. The molecule has 0 saturated carbocycles. The Kier molecular flexibility index (Phi) is 3.85. The fourth-order valence-electron chi connectivity index (χ4n) is 2.37. The maximum Gasteiger partial charge on any atom is 0.269 e. The number of para-hydroxylation sites is 1. The molecule has 22 heavy (non-hydrogen) atoms. The number of amides is 1. The molecule has 0 fully saturated rings. The second-order valence-electron chi connectivity index (χ2n) is 4.89. The van der Waals surface area contributed by atoms with Gasteiger partial charge in [0.25, 0.3) is 15.9 Å². The summed E-state index contributed by atoms with van der Waals surface area (Å²) >= 11 is 0. The number of carbonyl (C=O) groups is 1. The quantitative estimate of drug-likeness (QED) is 0.794. The molecule has 1 heterocycles. The first-order valence-electron chi connectivity index (χ1n) is 6.94. The van der Waals surface area contributed by atoms with E-state index in [-0.39, 0.29) is 17.0 Å². The van der Waals surface area contributed by atoms with E-state index in [0.29, 0.717) is 13.0 Å². The van der Waals surface area contributed by atoms with E-state index < -0.39 is 15.9 Å². The number of nitrogens with zero attached hydrogens (tertiary/aromatic N) is 1. The maximum atomic E-state index is 12.3. The molecule has 0 atom stereocenters. The van der Waals surface area contributed by atoms with Gasteiger partial charge in [0.05, 0.1) is 12.2 Å². The van der Waals surface area contributed by atoms with Crippen LogP contribution in [0.2, 0.25) is 0 Å². The first kappa shape index (κ1) is 14.6. The minimum absolute atomic E-state index is 0.0870. The fourth-order valence-corrected chi connectivity index (χ4v) is 3.97. The Morgan fingerprint density at radius 1 is 0.955 bits per heavy atom. The molecule has 0 bridgehead atoms. The van der Waals surface area contributed by atoms with Gasteiger partial charge in [0.15, 0.2) is 0 Å². The second kappa shape index (κ2) is 5.81. The molecule has 1 amide bonds. The van der Waals surface area contributed by atoms with Crippen molar-refractivity contribution in [3.05, 3.63) is 60.2 Å². The molecule has 2 aromatic carbocycles. The van der Waals surface area contributed by atoms with E-state index in [1.807, 2.05) is 30.3 Å². The molecule has 3 rings (SSSR count). The average molecular weight is 317 g/mol. The lowest BCUT2D eigenvalue weighted by Gasteiger charge is -2.15. The van der Waals surface area contributed by atoms with E-state index in [2.05, 4.69) is 0 Å². The minimum atomic E-state index is -3.71. The molecule has 0 aromatic heterocycles. The fraction of sp³-hybridized carbons (Fsp3) is 0.188. The Bertz CT molecular complexity index is 787. The zero-order valence-corrected chi connectivity index (χ0v) is 12.6. The zero-order chi connectivity index (χ0) is 15.6. The van der Waals surface area contributed by atoms with Gasteiger partial charge in [0.1, 0.15) is 10.6 Å². The molecule has 1 aliphatic rings. The highest BCUT2D eigenvalue weighted by molar-refractivity contribution is 7.90. The van der Waals surface area contributed by atoms with Crippen LogP contribution in [0.15, 0.2) is 59.5 Å². The number of benzene rings is 2. The number of rotatable bonds is 5. The van der Waals surface area contributed by atoms with Gasteiger partial charge in [-0.1, -0.05) is 30.3 Å². The van der Waals surface area contributed by atoms with Crippen molar-refractivity contribution in [3.63, 3.8) is 0 Å². The number of carbonyl (C=O) groups excluding carboxylic acids is 1. The minimum Gasteiger partial charge on any atom is -0.494 e. The highest BCUT2D eigenvalue weighted by Gasteiger charge is 2.40. The standard InChI is InChI=1S/C16H15NO4S/c18-16-14-9-4-5-10-15(14)22(19,20)17(16)11-6-12-21-13-7-2-1-3-8-13/h1-5,7-10H,6,11-12H2. The van der Waals surface area contributed by atoms with Gasteiger partial charge in [0.2, 0.25) is 0 Å². The van der Waals surface area contributed by atoms with Gasteiger partial charge in [-0.2, -0.15) is 0 Å². The molecule has 6 heteroatoms. The molecular weight excluding hydrogens is 302 g/mol. The molecule has 114 valence electrons. The molecule has 0 N–H and O–H groups in total. The van der Waals surface area contributed by atoms with Crippen molar-refractivity contribution in [2.45, 2.75) is 11.3 Å². The summed E-state index contributed by atoms with van der Waals surface area (Å²) in [6, 6.07) is 15.5. The lowest BCUT2D eigenvalue weighted by atomic mass is 10.2. The Morgan fingerprint density at radius 3 is 2.36 bits per heavy atom. The van der Waals surface area contributed by atoms with Crippen molar-refractivity contribution in [2.24, 2.45) is 0 Å². The summed E-state index contributed by atoms with van der Waals surface area (Å²) in [5.41, 5.74) is 0.242. The van der Waals surface area contributed by atoms with Gasteiger partial charge < -0.3 is 4.74 Å². The summed E-state index contributed by atoms with van der Waals surface area (Å²) in [5.74, 6) is 0.261. The van der Waals surface area contributed by atoms with Crippen molar-refractivity contribution in [1.29, 1.82) is 0 Å². The first-order chi connectivity index (χ1) is 10.6. The van der Waals surface area contributed by atoms with Gasteiger partial charge in [-0.05, 0) is 24.3 Å². The Labute approximate surface area is 129 Å². The van der Waals surface area contributed by atoms with E-state index in [9.17, 15) is 13.2 Å². The highest BCUT2D eigenvalue weighted by Crippen LogP contribution is 2.29. The van der Waals surface area contributed by atoms with Crippen LogP contribution in [0.5, 0.6) is 5.75 Å². The predicted molar refractivity (Wildman–Crippen MR) is 81.2 cm³/mol. The van der Waals surface area contributed by atoms with Crippen LogP contribution in [0, 0.1) is 0 Å². The SMILES string of the molecule is O=C1c2ccccc2S(=O)(=O)N1CCCOc1ccccc1. The monoisotopic (exact) mass is 317 g/mol. The summed E-state index contributed by atoms with van der Waals surface area (Å²) in [5, 5.41) is 0. The third-order valence-electron chi connectivity index (χ3n) is 3.43. The summed E-state index contributed by atoms with van der Waals surface area (Å²) in [4.78, 5) is 12.3. The van der Waals surface area contributed by atoms with Gasteiger partial charge in [0, 0.05) is 13.0 Å². The molecule has 0 spiro atoms. The van der Waals surface area contributed by atoms with E-state index >= 15 is 0 Å². The average Bonchev–Trinajstić information content (AvgIpc) is 2.73. The van der Waals surface area contributed by atoms with Crippen molar-refractivity contribution in [3.8, 4) is 5.75 Å². The topological polar surface area (TPSA) is 63.7 Å². The maximum absolute atomic E-state index is 12.3. The molecule has 1 aliphatic heterocycles. The van der Waals surface area contributed by atoms with Gasteiger partial charge in [-0.25, -0.2) is 12.7 Å². The molecule has 5 nitrogen and oxygen atoms in total. The van der Waals surface area contributed by atoms with Gasteiger partial charge in [-0.3, -0.25) is 4.79 Å². The van der Waals surface area contributed by atoms with Crippen molar-refractivity contribution < 1.29 is 17.9 Å². The third-order valence-corrected chi connectivity index (χ3v) is 5.27. The Balaban J connectivity index is 1.63. The van der Waals surface area contributed by atoms with Gasteiger partial charge >= 0.3 is 0 Å². The molecule has 0 radical (unpaired) electrons. The van der Waals surface area contributed by atoms with Crippen LogP contribution in [-0.2, 0) is 10.0 Å². The first-order valence-corrected chi connectivity index (χ1v) is 8.38.